The predicted molar refractivity (Wildman–Crippen MR) is 66.4 cm³/mol. The Kier molecular flexibility index (Phi) is 4.71. The van der Waals surface area contributed by atoms with Gasteiger partial charge in [0.05, 0.1) is 18.8 Å². The number of hydrogen-bond donors (Lipinski definition) is 0. The Labute approximate surface area is 114 Å². The minimum atomic E-state index is -2.52. The third-order valence-corrected chi connectivity index (χ3v) is 2.98. The van der Waals surface area contributed by atoms with Crippen LogP contribution in [0.1, 0.15) is 22.3 Å². The molecule has 19 heavy (non-hydrogen) atoms. The second-order valence-corrected chi connectivity index (χ2v) is 4.62. The lowest BCUT2D eigenvalue weighted by Gasteiger charge is -2.08. The first-order valence-corrected chi connectivity index (χ1v) is 6.30. The molecule has 1 aromatic carbocycles. The number of benzene rings is 1. The molecule has 0 radical (unpaired) electrons. The molecule has 3 nitrogen and oxygen atoms in total. The fourth-order valence-corrected chi connectivity index (χ4v) is 2.19. The van der Waals surface area contributed by atoms with E-state index in [-0.39, 0.29) is 18.8 Å². The van der Waals surface area contributed by atoms with Gasteiger partial charge in [0.25, 0.3) is 6.43 Å². The number of alkyl halides is 2. The third-order valence-electron chi connectivity index (χ3n) is 2.77. The van der Waals surface area contributed by atoms with E-state index in [1.165, 1.54) is 0 Å². The molecule has 0 spiro atoms. The highest BCUT2D eigenvalue weighted by Gasteiger charge is 2.21. The van der Waals surface area contributed by atoms with E-state index in [0.717, 1.165) is 12.0 Å². The first-order valence-electron chi connectivity index (χ1n) is 5.92. The van der Waals surface area contributed by atoms with Crippen LogP contribution in [0, 0.1) is 0 Å². The zero-order chi connectivity index (χ0) is 13.8. The molecule has 0 unspecified atom stereocenters. The number of ketones is 1. The molecule has 0 saturated carbocycles. The van der Waals surface area contributed by atoms with Gasteiger partial charge in [-0.3, -0.25) is 4.79 Å². The first kappa shape index (κ1) is 14.2. The summed E-state index contributed by atoms with van der Waals surface area (Å²) in [7, 11) is 0. The molecule has 104 valence electrons. The van der Waals surface area contributed by atoms with Crippen molar-refractivity contribution in [2.45, 2.75) is 19.3 Å². The van der Waals surface area contributed by atoms with E-state index < -0.39 is 13.0 Å². The molecule has 0 aromatic heterocycles. The Morgan fingerprint density at radius 2 is 2.26 bits per heavy atom. The van der Waals surface area contributed by atoms with Crippen LogP contribution >= 0.6 is 11.6 Å². The van der Waals surface area contributed by atoms with E-state index in [2.05, 4.69) is 0 Å². The van der Waals surface area contributed by atoms with Crippen molar-refractivity contribution in [3.63, 3.8) is 0 Å². The number of hydrogen-bond acceptors (Lipinski definition) is 3. The molecular weight excluding hydrogens is 278 g/mol. The molecule has 2 rings (SSSR count). The maximum atomic E-state index is 12.0. The van der Waals surface area contributed by atoms with Crippen molar-refractivity contribution in [1.29, 1.82) is 0 Å². The summed E-state index contributed by atoms with van der Waals surface area (Å²) in [5.41, 5.74) is 1.31. The number of Topliss-reactive ketones (excluding diaryl/α,β-unsaturated/α-hetero) is 1. The summed E-state index contributed by atoms with van der Waals surface area (Å²) in [5, 5.41) is 0.473. The lowest BCUT2D eigenvalue weighted by atomic mass is 10.0. The molecule has 6 heteroatoms. The molecule has 1 aliphatic rings. The number of fused-ring (bicyclic) bond motifs is 1. The first-order chi connectivity index (χ1) is 9.08. The summed E-state index contributed by atoms with van der Waals surface area (Å²) >= 11 is 5.94. The van der Waals surface area contributed by atoms with Gasteiger partial charge in [-0.1, -0.05) is 11.6 Å². The van der Waals surface area contributed by atoms with Crippen molar-refractivity contribution < 1.29 is 23.0 Å². The number of carbonyl (C=O) groups excluding carboxylic acids is 1. The zero-order valence-electron chi connectivity index (χ0n) is 10.1. The normalized spacial score (nSPS) is 13.5. The molecule has 1 aromatic rings. The predicted octanol–water partition coefficient (Wildman–Crippen LogP) is 3.13. The maximum Gasteiger partial charge on any atom is 0.261 e. The van der Waals surface area contributed by atoms with Gasteiger partial charge in [-0.15, -0.1) is 0 Å². The summed E-state index contributed by atoms with van der Waals surface area (Å²) in [6, 6.07) is 3.31. The molecule has 0 saturated heterocycles. The van der Waals surface area contributed by atoms with Crippen molar-refractivity contribution in [3.8, 4) is 5.75 Å². The van der Waals surface area contributed by atoms with Crippen LogP contribution in [-0.4, -0.2) is 32.0 Å². The molecule has 0 bridgehead atoms. The van der Waals surface area contributed by atoms with Gasteiger partial charge in [0, 0.05) is 17.9 Å². The zero-order valence-corrected chi connectivity index (χ0v) is 10.9. The summed E-state index contributed by atoms with van der Waals surface area (Å²) in [6.07, 6.45) is -1.77. The molecule has 0 amide bonds. The molecule has 1 aliphatic heterocycles. The van der Waals surface area contributed by atoms with Crippen LogP contribution in [0.4, 0.5) is 8.78 Å². The minimum Gasteiger partial charge on any atom is -0.492 e. The van der Waals surface area contributed by atoms with Crippen LogP contribution in [0.2, 0.25) is 5.02 Å². The fourth-order valence-electron chi connectivity index (χ4n) is 1.95. The van der Waals surface area contributed by atoms with Crippen LogP contribution < -0.4 is 4.74 Å². The summed E-state index contributed by atoms with van der Waals surface area (Å²) in [5.74, 6) is 0.346. The van der Waals surface area contributed by atoms with Crippen molar-refractivity contribution >= 4 is 17.4 Å². The van der Waals surface area contributed by atoms with Gasteiger partial charge in [0.15, 0.2) is 5.78 Å². The molecule has 1 heterocycles. The largest absolute Gasteiger partial charge is 0.492 e. The molecule has 0 fully saturated rings. The SMILES string of the molecule is O=C(CCOCC(F)F)c1cc(Cl)cc2c1OCC2. The van der Waals surface area contributed by atoms with E-state index >= 15 is 0 Å². The fraction of sp³-hybridized carbons (Fsp3) is 0.462. The molecule has 0 aliphatic carbocycles. The molecule has 0 N–H and O–H groups in total. The summed E-state index contributed by atoms with van der Waals surface area (Å²) in [6.45, 7) is -0.167. The quantitative estimate of drug-likeness (QED) is 0.596. The topological polar surface area (TPSA) is 35.5 Å². The van der Waals surface area contributed by atoms with Gasteiger partial charge in [-0.05, 0) is 17.7 Å². The average molecular weight is 291 g/mol. The molecule has 0 atom stereocenters. The highest BCUT2D eigenvalue weighted by atomic mass is 35.5. The summed E-state index contributed by atoms with van der Waals surface area (Å²) < 4.78 is 33.8. The smallest absolute Gasteiger partial charge is 0.261 e. The second kappa shape index (κ2) is 6.30. The van der Waals surface area contributed by atoms with Crippen molar-refractivity contribution in [2.75, 3.05) is 19.8 Å². The van der Waals surface area contributed by atoms with Gasteiger partial charge in [-0.25, -0.2) is 8.78 Å². The van der Waals surface area contributed by atoms with Crippen LogP contribution in [0.3, 0.4) is 0 Å². The average Bonchev–Trinajstić information content (AvgIpc) is 2.80. The highest BCUT2D eigenvalue weighted by molar-refractivity contribution is 6.31. The maximum absolute atomic E-state index is 12.0. The van der Waals surface area contributed by atoms with Gasteiger partial charge < -0.3 is 9.47 Å². The molecular formula is C13H13ClF2O3. The standard InChI is InChI=1S/C13H13ClF2O3/c14-9-5-8-1-4-19-13(8)10(6-9)11(17)2-3-18-7-12(15)16/h5-6,12H,1-4,7H2. The van der Waals surface area contributed by atoms with Gasteiger partial charge in [-0.2, -0.15) is 0 Å². The third kappa shape index (κ3) is 3.64. The van der Waals surface area contributed by atoms with Crippen molar-refractivity contribution in [2.24, 2.45) is 0 Å². The van der Waals surface area contributed by atoms with Crippen molar-refractivity contribution in [1.82, 2.24) is 0 Å². The Morgan fingerprint density at radius 1 is 1.47 bits per heavy atom. The summed E-state index contributed by atoms with van der Waals surface area (Å²) in [4.78, 5) is 12.0. The number of ether oxygens (including phenoxy) is 2. The van der Waals surface area contributed by atoms with Gasteiger partial charge in [0.1, 0.15) is 12.4 Å². The van der Waals surface area contributed by atoms with E-state index in [1.807, 2.05) is 0 Å². The monoisotopic (exact) mass is 290 g/mol. The van der Waals surface area contributed by atoms with Crippen LogP contribution in [0.5, 0.6) is 5.75 Å². The Morgan fingerprint density at radius 3 is 3.00 bits per heavy atom. The van der Waals surface area contributed by atoms with Gasteiger partial charge in [0.2, 0.25) is 0 Å². The van der Waals surface area contributed by atoms with Crippen molar-refractivity contribution in [3.05, 3.63) is 28.3 Å². The van der Waals surface area contributed by atoms with E-state index in [4.69, 9.17) is 21.1 Å². The van der Waals surface area contributed by atoms with E-state index in [1.54, 1.807) is 12.1 Å². The Hall–Kier alpha value is -1.20. The van der Waals surface area contributed by atoms with Crippen LogP contribution in [0.15, 0.2) is 12.1 Å². The van der Waals surface area contributed by atoms with Gasteiger partial charge >= 0.3 is 0 Å². The number of rotatable bonds is 6. The lowest BCUT2D eigenvalue weighted by Crippen LogP contribution is -2.10. The Balaban J connectivity index is 1.99. The Bertz CT molecular complexity index is 477. The highest BCUT2D eigenvalue weighted by Crippen LogP contribution is 2.33. The van der Waals surface area contributed by atoms with Crippen LogP contribution in [-0.2, 0) is 11.2 Å². The number of carbonyl (C=O) groups is 1. The minimum absolute atomic E-state index is 0.0306. The number of halogens is 3. The van der Waals surface area contributed by atoms with E-state index in [9.17, 15) is 13.6 Å². The van der Waals surface area contributed by atoms with E-state index in [0.29, 0.717) is 22.9 Å². The lowest BCUT2D eigenvalue weighted by molar-refractivity contribution is 0.0169. The van der Waals surface area contributed by atoms with Crippen LogP contribution in [0.25, 0.3) is 0 Å². The second-order valence-electron chi connectivity index (χ2n) is 4.18.